The highest BCUT2D eigenvalue weighted by Crippen LogP contribution is 1.90. The number of rotatable bonds is 6. The van der Waals surface area contributed by atoms with Crippen molar-refractivity contribution in [3.05, 3.63) is 0 Å². The maximum Gasteiger partial charge on any atom is 0.129 e. The first kappa shape index (κ1) is 35.7. The fourth-order valence-corrected chi connectivity index (χ4v) is 0.519. The molecule has 0 rings (SSSR count). The molecule has 0 heterocycles. The van der Waals surface area contributed by atoms with Crippen LogP contribution in [-0.2, 0) is 23.9 Å². The molecule has 0 N–H and O–H groups in total. The highest BCUT2D eigenvalue weighted by molar-refractivity contribution is 5.75. The molecule has 0 fully saturated rings. The van der Waals surface area contributed by atoms with Gasteiger partial charge in [-0.3, -0.25) is 0 Å². The van der Waals surface area contributed by atoms with Crippen LogP contribution in [0.15, 0.2) is 0 Å². The first-order chi connectivity index (χ1) is 11.9. The van der Waals surface area contributed by atoms with Gasteiger partial charge in [0.25, 0.3) is 0 Å². The Kier molecular flexibility index (Phi) is 43.1. The van der Waals surface area contributed by atoms with Crippen molar-refractivity contribution in [2.45, 2.75) is 107 Å². The smallest absolute Gasteiger partial charge is 0.129 e. The van der Waals surface area contributed by atoms with Gasteiger partial charge in [0.05, 0.1) is 6.10 Å². The average Bonchev–Trinajstić information content (AvgIpc) is 2.54. The summed E-state index contributed by atoms with van der Waals surface area (Å²) < 4.78 is 4.90. The van der Waals surface area contributed by atoms with Crippen LogP contribution >= 0.6 is 0 Å². The number of ether oxygens (including phenoxy) is 1. The quantitative estimate of drug-likeness (QED) is 0.622. The van der Waals surface area contributed by atoms with Crippen molar-refractivity contribution in [2.24, 2.45) is 0 Å². The molecule has 0 aliphatic carbocycles. The molecule has 0 amide bonds. The molecule has 1 atom stereocenters. The first-order valence-electron chi connectivity index (χ1n) is 9.34. The lowest BCUT2D eigenvalue weighted by Gasteiger charge is -2.01. The first-order valence-corrected chi connectivity index (χ1v) is 9.34. The zero-order valence-corrected chi connectivity index (χ0v) is 19.2. The summed E-state index contributed by atoms with van der Waals surface area (Å²) in [7, 11) is 1.73. The van der Waals surface area contributed by atoms with E-state index < -0.39 is 0 Å². The van der Waals surface area contributed by atoms with E-state index in [0.29, 0.717) is 18.9 Å². The lowest BCUT2D eigenvalue weighted by atomic mass is 10.3. The molecule has 0 saturated heterocycles. The van der Waals surface area contributed by atoms with Gasteiger partial charge < -0.3 is 23.9 Å². The molecular weight excluding hydrogens is 332 g/mol. The zero-order chi connectivity index (χ0) is 22.1. The Morgan fingerprint density at radius 1 is 0.731 bits per heavy atom. The minimum Gasteiger partial charge on any atom is -0.382 e. The van der Waals surface area contributed by atoms with E-state index in [2.05, 4.69) is 13.8 Å². The minimum atomic E-state index is 0.167. The Balaban J connectivity index is -0.0000000712. The van der Waals surface area contributed by atoms with Crippen LogP contribution in [0.1, 0.15) is 101 Å². The van der Waals surface area contributed by atoms with Crippen molar-refractivity contribution in [1.29, 1.82) is 0 Å². The summed E-state index contributed by atoms with van der Waals surface area (Å²) in [6, 6.07) is 0. The third kappa shape index (κ3) is 114. The molecule has 5 nitrogen and oxygen atoms in total. The van der Waals surface area contributed by atoms with Crippen molar-refractivity contribution in [3.63, 3.8) is 0 Å². The minimum absolute atomic E-state index is 0.167. The van der Waals surface area contributed by atoms with E-state index in [9.17, 15) is 19.2 Å². The number of Topliss-reactive ketones (excluding diaryl/α,β-unsaturated/α-hetero) is 4. The molecule has 0 bridgehead atoms. The van der Waals surface area contributed by atoms with E-state index in [1.807, 2.05) is 20.8 Å². The van der Waals surface area contributed by atoms with Crippen LogP contribution < -0.4 is 0 Å². The predicted molar refractivity (Wildman–Crippen MR) is 111 cm³/mol. The van der Waals surface area contributed by atoms with E-state index in [1.54, 1.807) is 27.9 Å². The summed E-state index contributed by atoms with van der Waals surface area (Å²) in [6.07, 6.45) is 4.59. The molecule has 0 aliphatic rings. The summed E-state index contributed by atoms with van der Waals surface area (Å²) in [4.78, 5) is 39.1. The Labute approximate surface area is 162 Å². The molecule has 1 unspecified atom stereocenters. The highest BCUT2D eigenvalue weighted by atomic mass is 16.5. The standard InChI is InChI=1S/C5H12O.C5H10O.2C4H8O.C3H6O/c1-4-5(2)6-3;1-3-4-5(2)6;2*1-3-4(2)5;1-3(2)4/h5H,4H2,1-3H3;3-4H2,1-2H3;2*3H2,1-2H3;1-2H3. The van der Waals surface area contributed by atoms with Gasteiger partial charge in [-0.25, -0.2) is 0 Å². The molecule has 0 saturated carbocycles. The molecule has 0 aromatic carbocycles. The van der Waals surface area contributed by atoms with Gasteiger partial charge in [0, 0.05) is 26.4 Å². The van der Waals surface area contributed by atoms with Gasteiger partial charge in [0.2, 0.25) is 0 Å². The second-order valence-electron chi connectivity index (χ2n) is 5.93. The molecule has 0 spiro atoms. The zero-order valence-electron chi connectivity index (χ0n) is 19.2. The van der Waals surface area contributed by atoms with E-state index in [-0.39, 0.29) is 23.1 Å². The van der Waals surface area contributed by atoms with Crippen LogP contribution in [0.5, 0.6) is 0 Å². The van der Waals surface area contributed by atoms with Crippen LogP contribution in [0, 0.1) is 0 Å². The lowest BCUT2D eigenvalue weighted by molar-refractivity contribution is -0.117. The number of carbonyl (C=O) groups is 4. The van der Waals surface area contributed by atoms with Crippen molar-refractivity contribution in [3.8, 4) is 0 Å². The van der Waals surface area contributed by atoms with Crippen LogP contribution in [-0.4, -0.2) is 36.3 Å². The maximum absolute atomic E-state index is 10.0. The largest absolute Gasteiger partial charge is 0.382 e. The van der Waals surface area contributed by atoms with Crippen molar-refractivity contribution >= 4 is 23.1 Å². The summed E-state index contributed by atoms with van der Waals surface area (Å²) >= 11 is 0. The molecule has 26 heavy (non-hydrogen) atoms. The van der Waals surface area contributed by atoms with Gasteiger partial charge in [0.1, 0.15) is 23.1 Å². The lowest BCUT2D eigenvalue weighted by Crippen LogP contribution is -2.00. The normalized spacial score (nSPS) is 9.19. The summed E-state index contributed by atoms with van der Waals surface area (Å²) in [5.74, 6) is 0.965. The topological polar surface area (TPSA) is 77.5 Å². The third-order valence-electron chi connectivity index (χ3n) is 2.58. The van der Waals surface area contributed by atoms with E-state index in [4.69, 9.17) is 4.74 Å². The third-order valence-corrected chi connectivity index (χ3v) is 2.58. The monoisotopic (exact) mass is 376 g/mol. The Hall–Kier alpha value is -1.36. The molecule has 158 valence electrons. The molecule has 0 radical (unpaired) electrons. The summed E-state index contributed by atoms with van der Waals surface area (Å²) in [5, 5.41) is 0. The second-order valence-corrected chi connectivity index (χ2v) is 5.93. The van der Waals surface area contributed by atoms with Crippen molar-refractivity contribution in [1.82, 2.24) is 0 Å². The van der Waals surface area contributed by atoms with Crippen molar-refractivity contribution in [2.75, 3.05) is 7.11 Å². The molecule has 0 aliphatic heterocycles. The number of methoxy groups -OCH3 is 1. The van der Waals surface area contributed by atoms with E-state index in [1.165, 1.54) is 13.8 Å². The van der Waals surface area contributed by atoms with Gasteiger partial charge in [-0.1, -0.05) is 27.7 Å². The van der Waals surface area contributed by atoms with Crippen LogP contribution in [0.4, 0.5) is 0 Å². The summed E-state index contributed by atoms with van der Waals surface area (Å²) in [5.41, 5.74) is 0. The fourth-order valence-electron chi connectivity index (χ4n) is 0.519. The number of ketones is 4. The highest BCUT2D eigenvalue weighted by Gasteiger charge is 1.88. The van der Waals surface area contributed by atoms with Gasteiger partial charge in [-0.05, 0) is 54.4 Å². The maximum atomic E-state index is 10.0. The van der Waals surface area contributed by atoms with Crippen molar-refractivity contribution < 1.29 is 23.9 Å². The van der Waals surface area contributed by atoms with Gasteiger partial charge in [-0.15, -0.1) is 0 Å². The Morgan fingerprint density at radius 3 is 1.00 bits per heavy atom. The van der Waals surface area contributed by atoms with Gasteiger partial charge >= 0.3 is 0 Å². The molecular formula is C21H44O5. The van der Waals surface area contributed by atoms with Gasteiger partial charge in [-0.2, -0.15) is 0 Å². The number of hydrogen-bond acceptors (Lipinski definition) is 5. The van der Waals surface area contributed by atoms with Crippen LogP contribution in [0.2, 0.25) is 0 Å². The molecule has 0 aromatic heterocycles. The van der Waals surface area contributed by atoms with Gasteiger partial charge in [0.15, 0.2) is 0 Å². The fraction of sp³-hybridized carbons (Fsp3) is 0.810. The molecule has 0 aromatic rings. The Morgan fingerprint density at radius 2 is 1.00 bits per heavy atom. The Bertz CT molecular complexity index is 313. The molecule has 5 heteroatoms. The van der Waals surface area contributed by atoms with Crippen LogP contribution in [0.3, 0.4) is 0 Å². The van der Waals surface area contributed by atoms with E-state index in [0.717, 1.165) is 19.3 Å². The second kappa shape index (κ2) is 31.4. The number of hydrogen-bond donors (Lipinski definition) is 0. The SMILES string of the molecule is CC(C)=O.CCC(C)=O.CCC(C)=O.CCC(C)OC.CCCC(C)=O. The number of carbonyl (C=O) groups excluding carboxylic acids is 4. The van der Waals surface area contributed by atoms with Crippen LogP contribution in [0.25, 0.3) is 0 Å². The van der Waals surface area contributed by atoms with E-state index >= 15 is 0 Å². The predicted octanol–water partition coefficient (Wildman–Crippen LogP) is 5.37. The average molecular weight is 377 g/mol. The summed E-state index contributed by atoms with van der Waals surface area (Å²) in [6.45, 7) is 17.7.